The molecule has 4 heteroatoms. The van der Waals surface area contributed by atoms with Gasteiger partial charge in [-0.1, -0.05) is 71.1 Å². The molecular weight excluding hydrogens is 256 g/mol. The molecule has 0 bridgehead atoms. The average Bonchev–Trinajstić information content (AvgIpc) is 2.44. The molecule has 0 atom stereocenters. The number of aliphatic hydroxyl groups excluding tert-OH is 2. The van der Waals surface area contributed by atoms with Gasteiger partial charge in [-0.15, -0.1) is 0 Å². The van der Waals surface area contributed by atoms with Gasteiger partial charge in [-0.25, -0.2) is 0 Å². The van der Waals surface area contributed by atoms with Crippen molar-refractivity contribution < 1.29 is 20.1 Å². The number of hydrogen-bond acceptors (Lipinski definition) is 4. The zero-order valence-electron chi connectivity index (χ0n) is 13.1. The lowest BCUT2D eigenvalue weighted by atomic mass is 10.1. The number of unbranched alkanes of at least 4 members (excludes halogenated alkanes) is 10. The van der Waals surface area contributed by atoms with Gasteiger partial charge in [-0.2, -0.15) is 0 Å². The molecule has 0 amide bonds. The molecule has 2 N–H and O–H groups in total. The second-order valence-corrected chi connectivity index (χ2v) is 5.10. The van der Waals surface area contributed by atoms with E-state index >= 15 is 0 Å². The van der Waals surface area contributed by atoms with Crippen LogP contribution in [0, 0.1) is 0 Å². The molecular formula is C16H33O4-. The van der Waals surface area contributed by atoms with Gasteiger partial charge in [0.1, 0.15) is 0 Å². The molecule has 0 aromatic rings. The van der Waals surface area contributed by atoms with Gasteiger partial charge in [-0.3, -0.25) is 0 Å². The second kappa shape index (κ2) is 20.7. The first-order valence-corrected chi connectivity index (χ1v) is 8.10. The minimum Gasteiger partial charge on any atom is -0.550 e. The molecule has 0 spiro atoms. The van der Waals surface area contributed by atoms with Gasteiger partial charge in [0, 0.05) is 5.97 Å². The van der Waals surface area contributed by atoms with Crippen molar-refractivity contribution in [2.24, 2.45) is 0 Å². The van der Waals surface area contributed by atoms with E-state index in [4.69, 9.17) is 10.2 Å². The summed E-state index contributed by atoms with van der Waals surface area (Å²) in [5.41, 5.74) is 0. The highest BCUT2D eigenvalue weighted by atomic mass is 16.4. The third-order valence-electron chi connectivity index (χ3n) is 3.08. The molecule has 0 aliphatic carbocycles. The van der Waals surface area contributed by atoms with E-state index in [2.05, 4.69) is 6.92 Å². The Hall–Kier alpha value is -0.610. The minimum atomic E-state index is -0.907. The summed E-state index contributed by atoms with van der Waals surface area (Å²) in [5, 5.41) is 25.4. The number of rotatable bonds is 13. The van der Waals surface area contributed by atoms with Gasteiger partial charge in [-0.05, 0) is 12.8 Å². The van der Waals surface area contributed by atoms with Crippen LogP contribution in [-0.2, 0) is 4.79 Å². The number of aliphatic hydroxyl groups is 2. The molecule has 0 fully saturated rings. The lowest BCUT2D eigenvalue weighted by Crippen LogP contribution is -2.21. The van der Waals surface area contributed by atoms with E-state index in [1.165, 1.54) is 57.8 Å². The van der Waals surface area contributed by atoms with E-state index in [1.54, 1.807) is 0 Å². The van der Waals surface area contributed by atoms with Crippen molar-refractivity contribution in [1.29, 1.82) is 0 Å². The standard InChI is InChI=1S/C14H28O2.C2H6O2/c1-2-3-4-5-6-7-8-9-10-11-12-13-14(15)16;3-1-2-4/h2-13H2,1H3,(H,15,16);3-4H,1-2H2/p-1. The van der Waals surface area contributed by atoms with Crippen LogP contribution in [0.15, 0.2) is 0 Å². The highest BCUT2D eigenvalue weighted by Crippen LogP contribution is 2.11. The van der Waals surface area contributed by atoms with Crippen molar-refractivity contribution in [2.75, 3.05) is 13.2 Å². The van der Waals surface area contributed by atoms with Crippen molar-refractivity contribution in [1.82, 2.24) is 0 Å². The Labute approximate surface area is 124 Å². The smallest absolute Gasteiger partial charge is 0.0662 e. The summed E-state index contributed by atoms with van der Waals surface area (Å²) in [6, 6.07) is 0. The Morgan fingerprint density at radius 1 is 0.750 bits per heavy atom. The SMILES string of the molecule is CCCCCCCCCCCCCC(=O)[O-].OCCO. The third-order valence-corrected chi connectivity index (χ3v) is 3.08. The van der Waals surface area contributed by atoms with Crippen molar-refractivity contribution in [3.8, 4) is 0 Å². The van der Waals surface area contributed by atoms with Crippen molar-refractivity contribution >= 4 is 5.97 Å². The zero-order chi connectivity index (χ0) is 15.5. The molecule has 0 aromatic heterocycles. The fourth-order valence-electron chi connectivity index (χ4n) is 1.93. The van der Waals surface area contributed by atoms with Gasteiger partial charge in [0.25, 0.3) is 0 Å². The summed E-state index contributed by atoms with van der Waals surface area (Å²) in [7, 11) is 0. The van der Waals surface area contributed by atoms with Gasteiger partial charge < -0.3 is 20.1 Å². The molecule has 0 saturated heterocycles. The van der Waals surface area contributed by atoms with Crippen LogP contribution in [0.4, 0.5) is 0 Å². The summed E-state index contributed by atoms with van der Waals surface area (Å²) in [5.74, 6) is -0.907. The van der Waals surface area contributed by atoms with E-state index < -0.39 is 5.97 Å². The van der Waals surface area contributed by atoms with Crippen LogP contribution < -0.4 is 5.11 Å². The predicted octanol–water partition coefficient (Wildman–Crippen LogP) is 2.41. The Bertz CT molecular complexity index is 181. The summed E-state index contributed by atoms with van der Waals surface area (Å²) in [6.07, 6.45) is 14.0. The molecule has 0 aromatic carbocycles. The molecule has 20 heavy (non-hydrogen) atoms. The molecule has 0 rings (SSSR count). The van der Waals surface area contributed by atoms with Crippen LogP contribution in [0.25, 0.3) is 0 Å². The van der Waals surface area contributed by atoms with E-state index in [1.807, 2.05) is 0 Å². The lowest BCUT2D eigenvalue weighted by Gasteiger charge is -2.03. The Balaban J connectivity index is 0. The first-order valence-electron chi connectivity index (χ1n) is 8.10. The van der Waals surface area contributed by atoms with E-state index in [0.29, 0.717) is 0 Å². The number of carboxylic acids is 1. The van der Waals surface area contributed by atoms with Crippen LogP contribution in [0.5, 0.6) is 0 Å². The molecule has 4 nitrogen and oxygen atoms in total. The van der Waals surface area contributed by atoms with E-state index in [0.717, 1.165) is 12.8 Å². The first-order chi connectivity index (χ1) is 9.68. The number of aliphatic carboxylic acids is 1. The van der Waals surface area contributed by atoms with E-state index in [-0.39, 0.29) is 19.6 Å². The van der Waals surface area contributed by atoms with Crippen LogP contribution in [0.2, 0.25) is 0 Å². The van der Waals surface area contributed by atoms with E-state index in [9.17, 15) is 9.90 Å². The van der Waals surface area contributed by atoms with Crippen LogP contribution in [-0.4, -0.2) is 29.4 Å². The second-order valence-electron chi connectivity index (χ2n) is 5.10. The Morgan fingerprint density at radius 3 is 1.40 bits per heavy atom. The number of carboxylic acid groups (broad SMARTS) is 1. The molecule has 0 aliphatic rings. The Kier molecular flexibility index (Phi) is 22.4. The number of carbonyl (C=O) groups excluding carboxylic acids is 1. The number of hydrogen-bond donors (Lipinski definition) is 2. The molecule has 0 unspecified atom stereocenters. The molecule has 0 heterocycles. The monoisotopic (exact) mass is 289 g/mol. The highest BCUT2D eigenvalue weighted by Gasteiger charge is 1.93. The zero-order valence-corrected chi connectivity index (χ0v) is 13.1. The normalized spacial score (nSPS) is 9.95. The maximum absolute atomic E-state index is 10.1. The van der Waals surface area contributed by atoms with Gasteiger partial charge in [0.05, 0.1) is 13.2 Å². The fourth-order valence-corrected chi connectivity index (χ4v) is 1.93. The van der Waals surface area contributed by atoms with Crippen molar-refractivity contribution in [3.05, 3.63) is 0 Å². The summed E-state index contributed by atoms with van der Waals surface area (Å²) >= 11 is 0. The largest absolute Gasteiger partial charge is 0.550 e. The average molecular weight is 289 g/mol. The number of carbonyl (C=O) groups is 1. The quantitative estimate of drug-likeness (QED) is 0.510. The first kappa shape index (κ1) is 21.7. The summed E-state index contributed by atoms with van der Waals surface area (Å²) in [4.78, 5) is 10.1. The fraction of sp³-hybridized carbons (Fsp3) is 0.938. The minimum absolute atomic E-state index is 0.125. The van der Waals surface area contributed by atoms with Crippen molar-refractivity contribution in [3.63, 3.8) is 0 Å². The molecule has 0 radical (unpaired) electrons. The topological polar surface area (TPSA) is 80.6 Å². The van der Waals surface area contributed by atoms with Crippen LogP contribution in [0.3, 0.4) is 0 Å². The van der Waals surface area contributed by atoms with Gasteiger partial charge in [0.2, 0.25) is 0 Å². The predicted molar refractivity (Wildman–Crippen MR) is 80.3 cm³/mol. The van der Waals surface area contributed by atoms with Gasteiger partial charge in [0.15, 0.2) is 0 Å². The van der Waals surface area contributed by atoms with Gasteiger partial charge >= 0.3 is 0 Å². The molecule has 122 valence electrons. The summed E-state index contributed by atoms with van der Waals surface area (Å²) < 4.78 is 0. The molecule has 0 saturated carbocycles. The third kappa shape index (κ3) is 26.1. The highest BCUT2D eigenvalue weighted by molar-refractivity contribution is 5.63. The Morgan fingerprint density at radius 2 is 1.10 bits per heavy atom. The maximum Gasteiger partial charge on any atom is 0.0662 e. The van der Waals surface area contributed by atoms with Crippen molar-refractivity contribution in [2.45, 2.75) is 84.0 Å². The summed E-state index contributed by atoms with van der Waals surface area (Å²) in [6.45, 7) is 1.99. The lowest BCUT2D eigenvalue weighted by molar-refractivity contribution is -0.305. The maximum atomic E-state index is 10.1. The molecule has 0 aliphatic heterocycles. The van der Waals surface area contributed by atoms with Crippen LogP contribution in [0.1, 0.15) is 84.0 Å². The van der Waals surface area contributed by atoms with Crippen LogP contribution >= 0.6 is 0 Å².